The number of hydrogen-bond donors (Lipinski definition) is 1. The molecule has 0 saturated carbocycles. The predicted octanol–water partition coefficient (Wildman–Crippen LogP) is 1.49. The average molecular weight is 325 g/mol. The van der Waals surface area contributed by atoms with Crippen molar-refractivity contribution in [3.8, 4) is 0 Å². The Morgan fingerprint density at radius 3 is 2.18 bits per heavy atom. The van der Waals surface area contributed by atoms with Crippen molar-refractivity contribution in [3.05, 3.63) is 34.4 Å². The Kier molecular flexibility index (Phi) is 3.92. The summed E-state index contributed by atoms with van der Waals surface area (Å²) in [6, 6.07) is 5.13. The Hall–Kier alpha value is -1.51. The highest BCUT2D eigenvalue weighted by atomic mass is 32.2. The van der Waals surface area contributed by atoms with Gasteiger partial charge in [0.15, 0.2) is 0 Å². The van der Waals surface area contributed by atoms with Gasteiger partial charge < -0.3 is 5.73 Å². The Morgan fingerprint density at radius 1 is 1.18 bits per heavy atom. The highest BCUT2D eigenvalue weighted by Crippen LogP contribution is 2.41. The van der Waals surface area contributed by atoms with Crippen LogP contribution in [0.5, 0.6) is 0 Å². The van der Waals surface area contributed by atoms with Crippen molar-refractivity contribution in [2.45, 2.75) is 42.7 Å². The summed E-state index contributed by atoms with van der Waals surface area (Å²) >= 11 is 0. The first-order chi connectivity index (χ1) is 10.4. The van der Waals surface area contributed by atoms with Crippen LogP contribution in [0.2, 0.25) is 0 Å². The van der Waals surface area contributed by atoms with Gasteiger partial charge in [-0.1, -0.05) is 0 Å². The molecule has 8 heteroatoms. The first-order valence-corrected chi connectivity index (χ1v) is 8.85. The summed E-state index contributed by atoms with van der Waals surface area (Å²) in [7, 11) is -3.60. The van der Waals surface area contributed by atoms with Gasteiger partial charge in [-0.2, -0.15) is 4.31 Å². The number of nitro groups is 1. The number of piperidine rings is 1. The summed E-state index contributed by atoms with van der Waals surface area (Å²) in [5.41, 5.74) is 5.63. The number of nitrogens with zero attached hydrogens (tertiary/aromatic N) is 2. The predicted molar refractivity (Wildman–Crippen MR) is 80.7 cm³/mol. The number of nitro benzene ring substituents is 1. The first kappa shape index (κ1) is 15.4. The summed E-state index contributed by atoms with van der Waals surface area (Å²) in [6.45, 7) is 0.596. The Balaban J connectivity index is 1.89. The normalized spacial score (nSPS) is 28.7. The standard InChI is InChI=1S/C14H19N3O4S/c15-9-10-7-12-1-2-13(8-10)16(12)22(20,21)14-5-3-11(4-6-14)17(18)19/h3-6,10,12-13H,1-2,7-9,15H2/t10?,12-,13+. The third-order valence-corrected chi connectivity index (χ3v) is 6.74. The Labute approximate surface area is 129 Å². The van der Waals surface area contributed by atoms with Crippen LogP contribution in [0.15, 0.2) is 29.2 Å². The fourth-order valence-corrected chi connectivity index (χ4v) is 5.58. The topological polar surface area (TPSA) is 107 Å². The minimum Gasteiger partial charge on any atom is -0.330 e. The van der Waals surface area contributed by atoms with Gasteiger partial charge in [0, 0.05) is 24.2 Å². The van der Waals surface area contributed by atoms with E-state index in [0.29, 0.717) is 12.5 Å². The molecule has 0 aromatic heterocycles. The lowest BCUT2D eigenvalue weighted by atomic mass is 9.93. The van der Waals surface area contributed by atoms with Gasteiger partial charge in [-0.3, -0.25) is 10.1 Å². The van der Waals surface area contributed by atoms with Crippen LogP contribution in [0.1, 0.15) is 25.7 Å². The largest absolute Gasteiger partial charge is 0.330 e. The van der Waals surface area contributed by atoms with Crippen LogP contribution in [0.25, 0.3) is 0 Å². The molecule has 22 heavy (non-hydrogen) atoms. The number of non-ortho nitro benzene ring substituents is 1. The van der Waals surface area contributed by atoms with Gasteiger partial charge in [-0.25, -0.2) is 8.42 Å². The maximum atomic E-state index is 12.8. The number of hydrogen-bond acceptors (Lipinski definition) is 5. The Morgan fingerprint density at radius 2 is 1.73 bits per heavy atom. The van der Waals surface area contributed by atoms with E-state index in [4.69, 9.17) is 5.73 Å². The van der Waals surface area contributed by atoms with Crippen molar-refractivity contribution in [3.63, 3.8) is 0 Å². The fraction of sp³-hybridized carbons (Fsp3) is 0.571. The number of nitrogens with two attached hydrogens (primary N) is 1. The molecule has 2 bridgehead atoms. The fourth-order valence-electron chi connectivity index (χ4n) is 3.69. The average Bonchev–Trinajstić information content (AvgIpc) is 2.79. The summed E-state index contributed by atoms with van der Waals surface area (Å²) in [4.78, 5) is 10.3. The second-order valence-corrected chi connectivity index (χ2v) is 7.89. The molecule has 7 nitrogen and oxygen atoms in total. The smallest absolute Gasteiger partial charge is 0.269 e. The monoisotopic (exact) mass is 325 g/mol. The van der Waals surface area contributed by atoms with Crippen LogP contribution < -0.4 is 5.73 Å². The second-order valence-electron chi connectivity index (χ2n) is 6.04. The quantitative estimate of drug-likeness (QED) is 0.666. The lowest BCUT2D eigenvalue weighted by Crippen LogP contribution is -2.47. The highest BCUT2D eigenvalue weighted by Gasteiger charge is 2.46. The minimum atomic E-state index is -3.60. The molecule has 3 atom stereocenters. The minimum absolute atomic E-state index is 0.00694. The molecule has 2 N–H and O–H groups in total. The van der Waals surface area contributed by atoms with E-state index in [9.17, 15) is 18.5 Å². The number of benzene rings is 1. The Bertz CT molecular complexity index is 660. The third-order valence-electron chi connectivity index (χ3n) is 4.72. The second kappa shape index (κ2) is 5.60. The SMILES string of the molecule is NCC1C[C@H]2CC[C@@H](C1)N2S(=O)(=O)c1ccc([N+](=O)[O-])cc1. The molecule has 1 unspecified atom stereocenters. The molecular formula is C14H19N3O4S. The van der Waals surface area contributed by atoms with Crippen LogP contribution in [-0.4, -0.2) is 36.3 Å². The first-order valence-electron chi connectivity index (χ1n) is 7.41. The van der Waals surface area contributed by atoms with Gasteiger partial charge in [0.25, 0.3) is 5.69 Å². The van der Waals surface area contributed by atoms with Gasteiger partial charge in [0.05, 0.1) is 9.82 Å². The molecule has 2 fully saturated rings. The van der Waals surface area contributed by atoms with Crippen LogP contribution >= 0.6 is 0 Å². The van der Waals surface area contributed by atoms with E-state index < -0.39 is 14.9 Å². The molecule has 2 aliphatic rings. The van der Waals surface area contributed by atoms with E-state index in [1.165, 1.54) is 24.3 Å². The third kappa shape index (κ3) is 2.51. The molecular weight excluding hydrogens is 306 g/mol. The van der Waals surface area contributed by atoms with Crippen molar-refractivity contribution in [1.29, 1.82) is 0 Å². The number of fused-ring (bicyclic) bond motifs is 2. The summed E-state index contributed by atoms with van der Waals surface area (Å²) in [5.74, 6) is 0.390. The van der Waals surface area contributed by atoms with Crippen molar-refractivity contribution < 1.29 is 13.3 Å². The van der Waals surface area contributed by atoms with E-state index in [1.807, 2.05) is 0 Å². The molecule has 120 valence electrons. The van der Waals surface area contributed by atoms with E-state index in [2.05, 4.69) is 0 Å². The van der Waals surface area contributed by atoms with Crippen molar-refractivity contribution in [2.75, 3.05) is 6.54 Å². The van der Waals surface area contributed by atoms with Gasteiger partial charge >= 0.3 is 0 Å². The molecule has 0 amide bonds. The van der Waals surface area contributed by atoms with Gasteiger partial charge in [-0.05, 0) is 50.3 Å². The lowest BCUT2D eigenvalue weighted by Gasteiger charge is -2.37. The van der Waals surface area contributed by atoms with Crippen molar-refractivity contribution in [1.82, 2.24) is 4.31 Å². The zero-order chi connectivity index (χ0) is 15.9. The van der Waals surface area contributed by atoms with Crippen LogP contribution in [0.4, 0.5) is 5.69 Å². The summed E-state index contributed by atoms with van der Waals surface area (Å²) in [6.07, 6.45) is 3.35. The van der Waals surface area contributed by atoms with Crippen LogP contribution in [0.3, 0.4) is 0 Å². The zero-order valence-corrected chi connectivity index (χ0v) is 12.9. The maximum Gasteiger partial charge on any atom is 0.269 e. The number of rotatable bonds is 4. The molecule has 2 heterocycles. The van der Waals surface area contributed by atoms with Crippen LogP contribution in [0, 0.1) is 16.0 Å². The summed E-state index contributed by atoms with van der Waals surface area (Å²) < 4.78 is 27.3. The molecule has 1 aromatic rings. The molecule has 0 spiro atoms. The van der Waals surface area contributed by atoms with E-state index in [0.717, 1.165) is 25.7 Å². The molecule has 0 aliphatic carbocycles. The highest BCUT2D eigenvalue weighted by molar-refractivity contribution is 7.89. The van der Waals surface area contributed by atoms with Gasteiger partial charge in [-0.15, -0.1) is 0 Å². The van der Waals surface area contributed by atoms with E-state index >= 15 is 0 Å². The van der Waals surface area contributed by atoms with E-state index in [-0.39, 0.29) is 22.7 Å². The van der Waals surface area contributed by atoms with E-state index in [1.54, 1.807) is 4.31 Å². The molecule has 2 aliphatic heterocycles. The molecule has 1 aromatic carbocycles. The van der Waals surface area contributed by atoms with Crippen molar-refractivity contribution >= 4 is 15.7 Å². The number of sulfonamides is 1. The zero-order valence-electron chi connectivity index (χ0n) is 12.1. The van der Waals surface area contributed by atoms with Crippen LogP contribution in [-0.2, 0) is 10.0 Å². The van der Waals surface area contributed by atoms with Gasteiger partial charge in [0.2, 0.25) is 10.0 Å². The van der Waals surface area contributed by atoms with Crippen molar-refractivity contribution in [2.24, 2.45) is 11.7 Å². The molecule has 3 rings (SSSR count). The maximum absolute atomic E-state index is 12.8. The molecule has 0 radical (unpaired) electrons. The summed E-state index contributed by atoms with van der Waals surface area (Å²) in [5, 5.41) is 10.7. The molecule has 2 saturated heterocycles. The lowest BCUT2D eigenvalue weighted by molar-refractivity contribution is -0.384. The van der Waals surface area contributed by atoms with Gasteiger partial charge in [0.1, 0.15) is 0 Å².